The molecule has 1 aliphatic rings. The van der Waals surface area contributed by atoms with Crippen LogP contribution >= 0.6 is 0 Å². The number of phenolic OH excluding ortho intramolecular Hbond substituents is 1. The van der Waals surface area contributed by atoms with Crippen LogP contribution in [0.4, 0.5) is 0 Å². The van der Waals surface area contributed by atoms with Crippen LogP contribution in [0.3, 0.4) is 0 Å². The lowest BCUT2D eigenvalue weighted by Gasteiger charge is -2.17. The zero-order valence-corrected chi connectivity index (χ0v) is 14.7. The van der Waals surface area contributed by atoms with E-state index >= 15 is 0 Å². The number of amides is 1. The van der Waals surface area contributed by atoms with Gasteiger partial charge in [0.25, 0.3) is 5.91 Å². The number of ether oxygens (including phenoxy) is 1. The maximum Gasteiger partial charge on any atom is 0.255 e. The second kappa shape index (κ2) is 8.64. The van der Waals surface area contributed by atoms with Crippen molar-refractivity contribution in [1.29, 1.82) is 0 Å². The Morgan fingerprint density at radius 3 is 2.50 bits per heavy atom. The van der Waals surface area contributed by atoms with E-state index in [9.17, 15) is 24.9 Å². The standard InChI is InChI=1S/C19H23NO6/c1-11-5-3-7-14(21)18(24)15(22)8-4-6-12-9-13(26-2)10-16(23)17(12)19(25)20-11/h3-4,6-7,9-11,15,18,22-24H,5,8H2,1-2H3,(H,20,25)/b6-4+,7-3-/t11?,15-,18?/m0/s1. The third-order valence-electron chi connectivity index (χ3n) is 4.06. The number of hydrogen-bond donors (Lipinski definition) is 4. The number of aliphatic hydroxyl groups excluding tert-OH is 2. The number of aromatic hydroxyl groups is 1. The highest BCUT2D eigenvalue weighted by atomic mass is 16.5. The molecule has 0 bridgehead atoms. The van der Waals surface area contributed by atoms with Crippen LogP contribution in [-0.4, -0.2) is 52.4 Å². The molecule has 7 heteroatoms. The number of benzene rings is 1. The lowest BCUT2D eigenvalue weighted by Crippen LogP contribution is -2.34. The fraction of sp³-hybridized carbons (Fsp3) is 0.368. The van der Waals surface area contributed by atoms with Crippen LogP contribution in [-0.2, 0) is 4.79 Å². The highest BCUT2D eigenvalue weighted by Crippen LogP contribution is 2.29. The van der Waals surface area contributed by atoms with Gasteiger partial charge in [0.15, 0.2) is 5.78 Å². The first kappa shape index (κ1) is 19.7. The number of hydrogen-bond acceptors (Lipinski definition) is 6. The first-order chi connectivity index (χ1) is 12.3. The molecule has 4 N–H and O–H groups in total. The molecule has 2 unspecified atom stereocenters. The Balaban J connectivity index is 2.45. The molecule has 0 saturated carbocycles. The maximum absolute atomic E-state index is 12.6. The molecule has 1 amide bonds. The Morgan fingerprint density at radius 2 is 1.81 bits per heavy atom. The summed E-state index contributed by atoms with van der Waals surface area (Å²) in [6.45, 7) is 1.75. The molecule has 0 aromatic heterocycles. The summed E-state index contributed by atoms with van der Waals surface area (Å²) in [4.78, 5) is 24.4. The lowest BCUT2D eigenvalue weighted by atomic mass is 10.0. The van der Waals surface area contributed by atoms with Crippen LogP contribution in [0.1, 0.15) is 35.7 Å². The molecule has 26 heavy (non-hydrogen) atoms. The topological polar surface area (TPSA) is 116 Å². The van der Waals surface area contributed by atoms with E-state index in [0.29, 0.717) is 17.7 Å². The fourth-order valence-electron chi connectivity index (χ4n) is 2.61. The molecule has 140 valence electrons. The molecule has 0 fully saturated rings. The Hall–Kier alpha value is -2.64. The van der Waals surface area contributed by atoms with Gasteiger partial charge in [-0.25, -0.2) is 0 Å². The average Bonchev–Trinajstić information content (AvgIpc) is 2.59. The second-order valence-corrected chi connectivity index (χ2v) is 6.18. The van der Waals surface area contributed by atoms with Crippen LogP contribution in [0.25, 0.3) is 6.08 Å². The number of rotatable bonds is 1. The average molecular weight is 361 g/mol. The second-order valence-electron chi connectivity index (χ2n) is 6.18. The van der Waals surface area contributed by atoms with Gasteiger partial charge in [-0.2, -0.15) is 0 Å². The van der Waals surface area contributed by atoms with Gasteiger partial charge in [-0.1, -0.05) is 18.2 Å². The highest BCUT2D eigenvalue weighted by Gasteiger charge is 2.22. The van der Waals surface area contributed by atoms with Crippen molar-refractivity contribution >= 4 is 17.8 Å². The van der Waals surface area contributed by atoms with Gasteiger partial charge in [0.05, 0.1) is 18.8 Å². The predicted octanol–water partition coefficient (Wildman–Crippen LogP) is 1.17. The van der Waals surface area contributed by atoms with E-state index in [1.165, 1.54) is 37.5 Å². The number of carbonyl (C=O) groups excluding carboxylic acids is 2. The quantitative estimate of drug-likeness (QED) is 0.597. The van der Waals surface area contributed by atoms with Gasteiger partial charge in [0, 0.05) is 12.1 Å². The van der Waals surface area contributed by atoms with Gasteiger partial charge in [-0.15, -0.1) is 0 Å². The third kappa shape index (κ3) is 4.71. The number of aliphatic hydroxyl groups is 2. The number of nitrogens with one attached hydrogen (secondary N) is 1. The Morgan fingerprint density at radius 1 is 1.12 bits per heavy atom. The molecule has 7 nitrogen and oxygen atoms in total. The molecule has 3 atom stereocenters. The zero-order chi connectivity index (χ0) is 19.3. The van der Waals surface area contributed by atoms with E-state index in [1.807, 2.05) is 0 Å². The smallest absolute Gasteiger partial charge is 0.255 e. The van der Waals surface area contributed by atoms with Crippen molar-refractivity contribution in [2.45, 2.75) is 38.0 Å². The lowest BCUT2D eigenvalue weighted by molar-refractivity contribution is -0.127. The molecule has 1 heterocycles. The third-order valence-corrected chi connectivity index (χ3v) is 4.06. The van der Waals surface area contributed by atoms with Crippen LogP contribution in [0.15, 0.2) is 30.4 Å². The molecule has 0 radical (unpaired) electrons. The first-order valence-corrected chi connectivity index (χ1v) is 8.28. The minimum Gasteiger partial charge on any atom is -0.507 e. The van der Waals surface area contributed by atoms with E-state index in [2.05, 4.69) is 5.32 Å². The molecular weight excluding hydrogens is 338 g/mol. The highest BCUT2D eigenvalue weighted by molar-refractivity contribution is 6.01. The Kier molecular flexibility index (Phi) is 6.54. The fourth-order valence-corrected chi connectivity index (χ4v) is 2.61. The van der Waals surface area contributed by atoms with Crippen LogP contribution in [0.5, 0.6) is 11.5 Å². The molecular formula is C19H23NO6. The normalized spacial score (nSPS) is 27.0. The van der Waals surface area contributed by atoms with Crippen molar-refractivity contribution in [1.82, 2.24) is 5.32 Å². The summed E-state index contributed by atoms with van der Waals surface area (Å²) in [5.74, 6) is -0.922. The number of phenols is 1. The van der Waals surface area contributed by atoms with Crippen LogP contribution in [0, 0.1) is 0 Å². The SMILES string of the molecule is COc1cc(O)c2c(c1)/C=C/C[C@H](O)C(O)C(=O)/C=C\CC(C)NC2=O. The van der Waals surface area contributed by atoms with Crippen molar-refractivity contribution in [2.24, 2.45) is 0 Å². The van der Waals surface area contributed by atoms with Crippen LogP contribution < -0.4 is 10.1 Å². The molecule has 0 aliphatic carbocycles. The molecule has 1 aromatic carbocycles. The predicted molar refractivity (Wildman–Crippen MR) is 96.0 cm³/mol. The van der Waals surface area contributed by atoms with E-state index in [0.717, 1.165) is 0 Å². The summed E-state index contributed by atoms with van der Waals surface area (Å²) in [6, 6.07) is 2.61. The Bertz CT molecular complexity index is 740. The van der Waals surface area contributed by atoms with E-state index in [4.69, 9.17) is 4.74 Å². The molecule has 2 rings (SSSR count). The van der Waals surface area contributed by atoms with Gasteiger partial charge >= 0.3 is 0 Å². The molecule has 1 aliphatic heterocycles. The largest absolute Gasteiger partial charge is 0.507 e. The summed E-state index contributed by atoms with van der Waals surface area (Å²) in [5.41, 5.74) is 0.480. The number of methoxy groups -OCH3 is 1. The van der Waals surface area contributed by atoms with Crippen molar-refractivity contribution in [3.8, 4) is 11.5 Å². The minimum atomic E-state index is -1.53. The Labute approximate surface area is 151 Å². The molecule has 1 aromatic rings. The summed E-state index contributed by atoms with van der Waals surface area (Å²) >= 11 is 0. The van der Waals surface area contributed by atoms with Gasteiger partial charge in [-0.3, -0.25) is 9.59 Å². The van der Waals surface area contributed by atoms with Crippen molar-refractivity contribution < 1.29 is 29.6 Å². The number of carbonyl (C=O) groups is 2. The van der Waals surface area contributed by atoms with E-state index < -0.39 is 23.9 Å². The first-order valence-electron chi connectivity index (χ1n) is 8.28. The summed E-state index contributed by atoms with van der Waals surface area (Å²) in [7, 11) is 1.44. The maximum atomic E-state index is 12.6. The van der Waals surface area contributed by atoms with E-state index in [-0.39, 0.29) is 23.8 Å². The van der Waals surface area contributed by atoms with Gasteiger partial charge in [-0.05, 0) is 37.5 Å². The van der Waals surface area contributed by atoms with E-state index in [1.54, 1.807) is 13.0 Å². The summed E-state index contributed by atoms with van der Waals surface area (Å²) in [6.07, 6.45) is 3.32. The summed E-state index contributed by atoms with van der Waals surface area (Å²) < 4.78 is 5.11. The number of ketones is 1. The zero-order valence-electron chi connectivity index (χ0n) is 14.7. The monoisotopic (exact) mass is 361 g/mol. The van der Waals surface area contributed by atoms with Crippen LogP contribution in [0.2, 0.25) is 0 Å². The molecule has 0 spiro atoms. The summed E-state index contributed by atoms with van der Waals surface area (Å²) in [5, 5.41) is 32.8. The van der Waals surface area contributed by atoms with Gasteiger partial charge in [0.2, 0.25) is 0 Å². The van der Waals surface area contributed by atoms with Gasteiger partial charge in [0.1, 0.15) is 17.6 Å². The van der Waals surface area contributed by atoms with Crippen molar-refractivity contribution in [3.05, 3.63) is 41.5 Å². The number of fused-ring (bicyclic) bond motifs is 1. The van der Waals surface area contributed by atoms with Gasteiger partial charge < -0.3 is 25.4 Å². The minimum absolute atomic E-state index is 0.00379. The van der Waals surface area contributed by atoms with Crippen molar-refractivity contribution in [3.63, 3.8) is 0 Å². The molecule has 0 saturated heterocycles. The van der Waals surface area contributed by atoms with Crippen molar-refractivity contribution in [2.75, 3.05) is 7.11 Å².